The topological polar surface area (TPSA) is 57.8 Å². The average Bonchev–Trinajstić information content (AvgIpc) is 2.91. The molecule has 1 heterocycles. The number of aromatic amines is 1. The quantitative estimate of drug-likeness (QED) is 0.775. The van der Waals surface area contributed by atoms with Gasteiger partial charge in [0.15, 0.2) is 0 Å². The van der Waals surface area contributed by atoms with Crippen molar-refractivity contribution in [3.8, 4) is 0 Å². The third kappa shape index (κ3) is 2.76. The number of fused-ring (bicyclic) bond motifs is 1. The summed E-state index contributed by atoms with van der Waals surface area (Å²) in [6.07, 6.45) is 0. The van der Waals surface area contributed by atoms with Crippen LogP contribution in [-0.4, -0.2) is 15.9 Å². The molecule has 0 aliphatic carbocycles. The van der Waals surface area contributed by atoms with Crippen molar-refractivity contribution in [3.63, 3.8) is 0 Å². The molecule has 0 aliphatic heterocycles. The van der Waals surface area contributed by atoms with Gasteiger partial charge in [0.2, 0.25) is 0 Å². The summed E-state index contributed by atoms with van der Waals surface area (Å²) in [5.41, 5.74) is 2.05. The Morgan fingerprint density at radius 2 is 2.05 bits per heavy atom. The standard InChI is InChI=1S/C16H14FN3O/c1-10(15-19-13-7-2-3-8-14(13)20-15)18-16(21)11-5-4-6-12(17)9-11/h2-10H,1H3,(H,18,21)(H,19,20)/t10-/m0/s1. The van der Waals surface area contributed by atoms with E-state index in [0.717, 1.165) is 11.0 Å². The third-order valence-electron chi connectivity index (χ3n) is 3.25. The maximum atomic E-state index is 13.1. The molecule has 2 N–H and O–H groups in total. The summed E-state index contributed by atoms with van der Waals surface area (Å²) in [6, 6.07) is 12.9. The number of imidazole rings is 1. The molecule has 4 nitrogen and oxygen atoms in total. The van der Waals surface area contributed by atoms with Gasteiger partial charge in [-0.2, -0.15) is 0 Å². The summed E-state index contributed by atoms with van der Waals surface area (Å²) in [5, 5.41) is 2.80. The van der Waals surface area contributed by atoms with Crippen LogP contribution in [0.15, 0.2) is 48.5 Å². The lowest BCUT2D eigenvalue weighted by atomic mass is 10.2. The van der Waals surface area contributed by atoms with Crippen LogP contribution < -0.4 is 5.32 Å². The van der Waals surface area contributed by atoms with E-state index in [1.54, 1.807) is 6.07 Å². The number of benzene rings is 2. The highest BCUT2D eigenvalue weighted by atomic mass is 19.1. The van der Waals surface area contributed by atoms with E-state index in [1.165, 1.54) is 18.2 Å². The van der Waals surface area contributed by atoms with Crippen molar-refractivity contribution >= 4 is 16.9 Å². The minimum absolute atomic E-state index is 0.290. The average molecular weight is 283 g/mol. The fourth-order valence-electron chi connectivity index (χ4n) is 2.16. The molecule has 0 unspecified atom stereocenters. The van der Waals surface area contributed by atoms with E-state index in [0.29, 0.717) is 5.82 Å². The fraction of sp³-hybridized carbons (Fsp3) is 0.125. The highest BCUT2D eigenvalue weighted by Gasteiger charge is 2.15. The number of H-pyrrole nitrogens is 1. The number of hydrogen-bond acceptors (Lipinski definition) is 2. The molecule has 0 bridgehead atoms. The van der Waals surface area contributed by atoms with Crippen LogP contribution in [0.3, 0.4) is 0 Å². The summed E-state index contributed by atoms with van der Waals surface area (Å²) in [4.78, 5) is 19.7. The van der Waals surface area contributed by atoms with Crippen molar-refractivity contribution in [2.75, 3.05) is 0 Å². The van der Waals surface area contributed by atoms with Gasteiger partial charge in [-0.15, -0.1) is 0 Å². The van der Waals surface area contributed by atoms with Gasteiger partial charge in [0.1, 0.15) is 11.6 Å². The van der Waals surface area contributed by atoms with Gasteiger partial charge in [0.25, 0.3) is 5.91 Å². The van der Waals surface area contributed by atoms with Crippen molar-refractivity contribution in [1.29, 1.82) is 0 Å². The molecule has 0 saturated heterocycles. The largest absolute Gasteiger partial charge is 0.342 e. The molecule has 0 aliphatic rings. The molecule has 1 atom stereocenters. The van der Waals surface area contributed by atoms with Crippen LogP contribution in [0.5, 0.6) is 0 Å². The van der Waals surface area contributed by atoms with Gasteiger partial charge < -0.3 is 10.3 Å². The minimum Gasteiger partial charge on any atom is -0.342 e. The van der Waals surface area contributed by atoms with Crippen molar-refractivity contribution in [2.45, 2.75) is 13.0 Å². The van der Waals surface area contributed by atoms with Gasteiger partial charge >= 0.3 is 0 Å². The highest BCUT2D eigenvalue weighted by Crippen LogP contribution is 2.16. The number of rotatable bonds is 3. The first-order valence-corrected chi connectivity index (χ1v) is 6.64. The predicted octanol–water partition coefficient (Wildman–Crippen LogP) is 3.19. The lowest BCUT2D eigenvalue weighted by molar-refractivity contribution is 0.0938. The Morgan fingerprint density at radius 3 is 2.81 bits per heavy atom. The number of aromatic nitrogens is 2. The van der Waals surface area contributed by atoms with E-state index in [9.17, 15) is 9.18 Å². The third-order valence-corrected chi connectivity index (χ3v) is 3.25. The molecule has 21 heavy (non-hydrogen) atoms. The Labute approximate surface area is 121 Å². The maximum Gasteiger partial charge on any atom is 0.251 e. The lowest BCUT2D eigenvalue weighted by Crippen LogP contribution is -2.27. The summed E-state index contributed by atoms with van der Waals surface area (Å²) >= 11 is 0. The van der Waals surface area contributed by atoms with Gasteiger partial charge in [0, 0.05) is 5.56 Å². The molecule has 0 saturated carbocycles. The second kappa shape index (κ2) is 5.36. The number of halogens is 1. The molecule has 3 aromatic rings. The van der Waals surface area contributed by atoms with Gasteiger partial charge in [-0.3, -0.25) is 4.79 Å². The maximum absolute atomic E-state index is 13.1. The Bertz CT molecular complexity index is 764. The van der Waals surface area contributed by atoms with Crippen molar-refractivity contribution in [3.05, 3.63) is 65.7 Å². The normalized spacial score (nSPS) is 12.3. The van der Waals surface area contributed by atoms with E-state index in [4.69, 9.17) is 0 Å². The van der Waals surface area contributed by atoms with E-state index in [-0.39, 0.29) is 17.5 Å². The zero-order valence-electron chi connectivity index (χ0n) is 11.4. The molecule has 0 spiro atoms. The molecule has 3 rings (SSSR count). The summed E-state index contributed by atoms with van der Waals surface area (Å²) in [6.45, 7) is 1.83. The summed E-state index contributed by atoms with van der Waals surface area (Å²) in [7, 11) is 0. The van der Waals surface area contributed by atoms with E-state index in [1.807, 2.05) is 31.2 Å². The smallest absolute Gasteiger partial charge is 0.251 e. The number of carbonyl (C=O) groups is 1. The first-order chi connectivity index (χ1) is 10.1. The van der Waals surface area contributed by atoms with Crippen LogP contribution in [-0.2, 0) is 0 Å². The molecule has 0 fully saturated rings. The van der Waals surface area contributed by atoms with Gasteiger partial charge in [-0.05, 0) is 37.3 Å². The van der Waals surface area contributed by atoms with Crippen LogP contribution in [0, 0.1) is 5.82 Å². The number of para-hydroxylation sites is 2. The Balaban J connectivity index is 1.79. The number of carbonyl (C=O) groups excluding carboxylic acids is 1. The number of hydrogen-bond donors (Lipinski definition) is 2. The van der Waals surface area contributed by atoms with E-state index < -0.39 is 5.82 Å². The van der Waals surface area contributed by atoms with Crippen molar-refractivity contribution in [1.82, 2.24) is 15.3 Å². The van der Waals surface area contributed by atoms with Crippen LogP contribution in [0.1, 0.15) is 29.1 Å². The van der Waals surface area contributed by atoms with E-state index in [2.05, 4.69) is 15.3 Å². The van der Waals surface area contributed by atoms with Crippen molar-refractivity contribution in [2.24, 2.45) is 0 Å². The zero-order chi connectivity index (χ0) is 14.8. The Hall–Kier alpha value is -2.69. The summed E-state index contributed by atoms with van der Waals surface area (Å²) in [5.74, 6) is -0.0950. The lowest BCUT2D eigenvalue weighted by Gasteiger charge is -2.11. The van der Waals surface area contributed by atoms with Gasteiger partial charge in [0.05, 0.1) is 17.1 Å². The van der Waals surface area contributed by atoms with Gasteiger partial charge in [-0.25, -0.2) is 9.37 Å². The molecule has 106 valence electrons. The second-order valence-corrected chi connectivity index (χ2v) is 4.84. The second-order valence-electron chi connectivity index (χ2n) is 4.84. The highest BCUT2D eigenvalue weighted by molar-refractivity contribution is 5.94. The number of amides is 1. The fourth-order valence-corrected chi connectivity index (χ4v) is 2.16. The molecular weight excluding hydrogens is 269 g/mol. The first-order valence-electron chi connectivity index (χ1n) is 6.64. The summed E-state index contributed by atoms with van der Waals surface area (Å²) < 4.78 is 13.1. The number of nitrogens with zero attached hydrogens (tertiary/aromatic N) is 1. The molecular formula is C16H14FN3O. The monoisotopic (exact) mass is 283 g/mol. The number of nitrogens with one attached hydrogen (secondary N) is 2. The van der Waals surface area contributed by atoms with Crippen LogP contribution >= 0.6 is 0 Å². The molecule has 1 aromatic heterocycles. The van der Waals surface area contributed by atoms with Crippen molar-refractivity contribution < 1.29 is 9.18 Å². The van der Waals surface area contributed by atoms with E-state index >= 15 is 0 Å². The molecule has 1 amide bonds. The molecule has 0 radical (unpaired) electrons. The van der Waals surface area contributed by atoms with Gasteiger partial charge in [-0.1, -0.05) is 18.2 Å². The Morgan fingerprint density at radius 1 is 1.24 bits per heavy atom. The van der Waals surface area contributed by atoms with Crippen LogP contribution in [0.25, 0.3) is 11.0 Å². The minimum atomic E-state index is -0.431. The van der Waals surface area contributed by atoms with Crippen LogP contribution in [0.2, 0.25) is 0 Å². The molecule has 5 heteroatoms. The zero-order valence-corrected chi connectivity index (χ0v) is 11.4. The predicted molar refractivity (Wildman–Crippen MR) is 78.4 cm³/mol. The van der Waals surface area contributed by atoms with Crippen LogP contribution in [0.4, 0.5) is 4.39 Å². The molecule has 2 aromatic carbocycles. The first kappa shape index (κ1) is 13.3. The SMILES string of the molecule is C[C@H](NC(=O)c1cccc(F)c1)c1nc2ccccc2[nH]1. The Kier molecular flexibility index (Phi) is 3.39.